The van der Waals surface area contributed by atoms with Crippen LogP contribution in [0.3, 0.4) is 0 Å². The number of aromatic amines is 1. The number of aromatic nitrogens is 4. The van der Waals surface area contributed by atoms with Gasteiger partial charge in [-0.15, -0.1) is 0 Å². The minimum absolute atomic E-state index is 0.126. The smallest absolute Gasteiger partial charge is 0.271 e. The van der Waals surface area contributed by atoms with E-state index in [1.54, 1.807) is 37.0 Å². The molecule has 0 saturated heterocycles. The van der Waals surface area contributed by atoms with E-state index in [-0.39, 0.29) is 23.7 Å². The van der Waals surface area contributed by atoms with Crippen LogP contribution >= 0.6 is 0 Å². The molecule has 0 fully saturated rings. The third-order valence-electron chi connectivity index (χ3n) is 4.49. The van der Waals surface area contributed by atoms with E-state index in [2.05, 4.69) is 20.6 Å². The van der Waals surface area contributed by atoms with Gasteiger partial charge >= 0.3 is 0 Å². The van der Waals surface area contributed by atoms with Crippen LogP contribution < -0.4 is 10.9 Å². The van der Waals surface area contributed by atoms with Gasteiger partial charge in [0.1, 0.15) is 5.69 Å². The number of hydrogen-bond donors (Lipinski definition) is 2. The molecule has 0 bridgehead atoms. The Hall–Kier alpha value is -3.75. The Morgan fingerprint density at radius 2 is 1.90 bits per heavy atom. The third-order valence-corrected chi connectivity index (χ3v) is 4.49. The highest BCUT2D eigenvalue weighted by atomic mass is 16.2. The van der Waals surface area contributed by atoms with Crippen molar-refractivity contribution in [3.63, 3.8) is 0 Å². The number of hydrogen-bond acceptors (Lipinski definition) is 5. The molecule has 0 aliphatic carbocycles. The first-order chi connectivity index (χ1) is 13.9. The van der Waals surface area contributed by atoms with Crippen molar-refractivity contribution >= 4 is 11.8 Å². The van der Waals surface area contributed by atoms with Gasteiger partial charge in [-0.2, -0.15) is 10.2 Å². The molecular formula is C20H22N6O3. The first kappa shape index (κ1) is 20.0. The monoisotopic (exact) mass is 394 g/mol. The summed E-state index contributed by atoms with van der Waals surface area (Å²) in [5.74, 6) is -0.565. The van der Waals surface area contributed by atoms with Gasteiger partial charge in [-0.3, -0.25) is 14.4 Å². The van der Waals surface area contributed by atoms with Crippen LogP contribution in [0, 0.1) is 13.8 Å². The molecule has 0 spiro atoms. The molecule has 29 heavy (non-hydrogen) atoms. The molecule has 9 heteroatoms. The quantitative estimate of drug-likeness (QED) is 0.649. The Morgan fingerprint density at radius 3 is 2.52 bits per heavy atom. The number of carbonyl (C=O) groups is 2. The second-order valence-corrected chi connectivity index (χ2v) is 6.68. The van der Waals surface area contributed by atoms with Crippen LogP contribution in [-0.4, -0.2) is 56.8 Å². The van der Waals surface area contributed by atoms with Gasteiger partial charge in [-0.1, -0.05) is 0 Å². The zero-order valence-electron chi connectivity index (χ0n) is 16.5. The summed E-state index contributed by atoms with van der Waals surface area (Å²) in [6.45, 7) is 4.14. The van der Waals surface area contributed by atoms with Gasteiger partial charge in [0.05, 0.1) is 5.69 Å². The molecule has 3 aromatic rings. The molecule has 2 heterocycles. The molecule has 150 valence electrons. The number of nitrogens with one attached hydrogen (secondary N) is 2. The van der Waals surface area contributed by atoms with E-state index in [1.807, 2.05) is 25.1 Å². The summed E-state index contributed by atoms with van der Waals surface area (Å²) in [6.07, 6.45) is 1.72. The standard InChI is InChI=1S/C20H22N6O3/c1-13-12-17(23-24-18(13)27)19(28)21-10-11-25(3)20(29)15-4-6-16(7-5-15)26-14(2)8-9-22-26/h4-9,12H,10-11H2,1-3H3,(H,21,28)(H,24,27). The van der Waals surface area contributed by atoms with Crippen LogP contribution in [0.2, 0.25) is 0 Å². The van der Waals surface area contributed by atoms with Crippen molar-refractivity contribution in [3.8, 4) is 5.69 Å². The molecule has 2 aromatic heterocycles. The summed E-state index contributed by atoms with van der Waals surface area (Å²) >= 11 is 0. The fourth-order valence-corrected chi connectivity index (χ4v) is 2.75. The molecule has 0 unspecified atom stereocenters. The van der Waals surface area contributed by atoms with Crippen molar-refractivity contribution in [1.29, 1.82) is 0 Å². The Labute approximate surface area is 167 Å². The summed E-state index contributed by atoms with van der Waals surface area (Å²) in [5.41, 5.74) is 2.63. The summed E-state index contributed by atoms with van der Waals surface area (Å²) < 4.78 is 1.79. The molecule has 0 atom stereocenters. The number of rotatable bonds is 6. The molecule has 3 rings (SSSR count). The van der Waals surface area contributed by atoms with Crippen LogP contribution in [0.4, 0.5) is 0 Å². The Morgan fingerprint density at radius 1 is 1.17 bits per heavy atom. The second-order valence-electron chi connectivity index (χ2n) is 6.68. The van der Waals surface area contributed by atoms with Gasteiger partial charge < -0.3 is 10.2 Å². The topological polar surface area (TPSA) is 113 Å². The third kappa shape index (κ3) is 4.57. The van der Waals surface area contributed by atoms with Gasteiger partial charge in [0.25, 0.3) is 17.4 Å². The Bertz CT molecular complexity index is 1080. The van der Waals surface area contributed by atoms with Crippen LogP contribution in [0.15, 0.2) is 47.4 Å². The Kier molecular flexibility index (Phi) is 5.87. The number of nitrogens with zero attached hydrogens (tertiary/aromatic N) is 4. The van der Waals surface area contributed by atoms with Crippen molar-refractivity contribution in [3.05, 3.63) is 75.5 Å². The summed E-state index contributed by atoms with van der Waals surface area (Å²) in [5, 5.41) is 12.9. The molecule has 2 amide bonds. The van der Waals surface area contributed by atoms with E-state index in [0.717, 1.165) is 11.4 Å². The fourth-order valence-electron chi connectivity index (χ4n) is 2.75. The number of H-pyrrole nitrogens is 1. The largest absolute Gasteiger partial charge is 0.349 e. The van der Waals surface area contributed by atoms with E-state index < -0.39 is 5.91 Å². The predicted octanol–water partition coefficient (Wildman–Crippen LogP) is 1.07. The molecule has 9 nitrogen and oxygen atoms in total. The molecule has 0 aliphatic heterocycles. The van der Waals surface area contributed by atoms with E-state index >= 15 is 0 Å². The van der Waals surface area contributed by atoms with Gasteiger partial charge in [-0.25, -0.2) is 9.78 Å². The number of carbonyl (C=O) groups excluding carboxylic acids is 2. The second kappa shape index (κ2) is 8.51. The zero-order chi connectivity index (χ0) is 21.0. The lowest BCUT2D eigenvalue weighted by Crippen LogP contribution is -2.36. The van der Waals surface area contributed by atoms with Gasteiger partial charge in [0.15, 0.2) is 0 Å². The van der Waals surface area contributed by atoms with Crippen LogP contribution in [-0.2, 0) is 0 Å². The SMILES string of the molecule is Cc1cc(C(=O)NCCN(C)C(=O)c2ccc(-n3nccc3C)cc2)n[nH]c1=O. The minimum Gasteiger partial charge on any atom is -0.349 e. The lowest BCUT2D eigenvalue weighted by molar-refractivity contribution is 0.0786. The summed E-state index contributed by atoms with van der Waals surface area (Å²) in [6, 6.07) is 10.5. The molecule has 0 saturated carbocycles. The van der Waals surface area contributed by atoms with Crippen LogP contribution in [0.5, 0.6) is 0 Å². The summed E-state index contributed by atoms with van der Waals surface area (Å²) in [7, 11) is 1.67. The zero-order valence-corrected chi connectivity index (χ0v) is 16.5. The van der Waals surface area contributed by atoms with Gasteiger partial charge in [-0.05, 0) is 50.2 Å². The summed E-state index contributed by atoms with van der Waals surface area (Å²) in [4.78, 5) is 37.5. The minimum atomic E-state index is -0.413. The number of amides is 2. The van der Waals surface area contributed by atoms with E-state index in [1.165, 1.54) is 11.0 Å². The van der Waals surface area contributed by atoms with Crippen molar-refractivity contribution in [2.75, 3.05) is 20.1 Å². The lowest BCUT2D eigenvalue weighted by atomic mass is 10.2. The molecule has 0 radical (unpaired) electrons. The average molecular weight is 394 g/mol. The molecular weight excluding hydrogens is 372 g/mol. The highest BCUT2D eigenvalue weighted by Gasteiger charge is 2.13. The first-order valence-electron chi connectivity index (χ1n) is 9.08. The van der Waals surface area contributed by atoms with E-state index in [0.29, 0.717) is 17.7 Å². The number of benzene rings is 1. The van der Waals surface area contributed by atoms with Crippen LogP contribution in [0.25, 0.3) is 5.69 Å². The van der Waals surface area contributed by atoms with Crippen LogP contribution in [0.1, 0.15) is 32.1 Å². The fraction of sp³-hybridized carbons (Fsp3) is 0.250. The van der Waals surface area contributed by atoms with Crippen molar-refractivity contribution < 1.29 is 9.59 Å². The molecule has 2 N–H and O–H groups in total. The normalized spacial score (nSPS) is 10.6. The van der Waals surface area contributed by atoms with E-state index in [9.17, 15) is 14.4 Å². The van der Waals surface area contributed by atoms with Gasteiger partial charge in [0, 0.05) is 43.2 Å². The predicted molar refractivity (Wildman–Crippen MR) is 107 cm³/mol. The maximum atomic E-state index is 12.6. The van der Waals surface area contributed by atoms with Crippen molar-refractivity contribution in [2.45, 2.75) is 13.8 Å². The lowest BCUT2D eigenvalue weighted by Gasteiger charge is -2.17. The highest BCUT2D eigenvalue weighted by molar-refractivity contribution is 5.94. The highest BCUT2D eigenvalue weighted by Crippen LogP contribution is 2.12. The molecule has 1 aromatic carbocycles. The average Bonchev–Trinajstić information content (AvgIpc) is 3.15. The Balaban J connectivity index is 1.55. The van der Waals surface area contributed by atoms with Gasteiger partial charge in [0.2, 0.25) is 0 Å². The first-order valence-corrected chi connectivity index (χ1v) is 9.08. The number of likely N-dealkylation sites (N-methyl/N-ethyl adjacent to an activating group) is 1. The van der Waals surface area contributed by atoms with E-state index in [4.69, 9.17) is 0 Å². The molecule has 0 aliphatic rings. The van der Waals surface area contributed by atoms with Crippen molar-refractivity contribution in [1.82, 2.24) is 30.2 Å². The maximum absolute atomic E-state index is 12.6. The van der Waals surface area contributed by atoms with Crippen molar-refractivity contribution in [2.24, 2.45) is 0 Å². The maximum Gasteiger partial charge on any atom is 0.271 e. The number of aryl methyl sites for hydroxylation is 2.